The van der Waals surface area contributed by atoms with Gasteiger partial charge in [0.1, 0.15) is 0 Å². The summed E-state index contributed by atoms with van der Waals surface area (Å²) in [5.41, 5.74) is 1.82. The second-order valence-electron chi connectivity index (χ2n) is 6.14. The van der Waals surface area contributed by atoms with Gasteiger partial charge in [0.05, 0.1) is 29.6 Å². The fraction of sp³-hybridized carbons (Fsp3) is 0.250. The highest BCUT2D eigenvalue weighted by Gasteiger charge is 2.24. The Morgan fingerprint density at radius 2 is 1.78 bits per heavy atom. The molecule has 6 nitrogen and oxygen atoms in total. The van der Waals surface area contributed by atoms with E-state index in [0.717, 1.165) is 17.7 Å². The minimum absolute atomic E-state index is 0.0327. The largest absolute Gasteiger partial charge is 0.376 e. The van der Waals surface area contributed by atoms with Crippen molar-refractivity contribution in [2.75, 3.05) is 22.9 Å². The van der Waals surface area contributed by atoms with Crippen LogP contribution in [0.2, 0.25) is 0 Å². The number of benzene rings is 2. The Morgan fingerprint density at radius 3 is 2.52 bits per heavy atom. The molecule has 0 spiro atoms. The molecule has 0 atom stereocenters. The zero-order valence-electron chi connectivity index (χ0n) is 14.7. The highest BCUT2D eigenvalue weighted by molar-refractivity contribution is 7.99. The van der Waals surface area contributed by atoms with E-state index in [4.69, 9.17) is 5.26 Å². The quantitative estimate of drug-likeness (QED) is 0.611. The lowest BCUT2D eigenvalue weighted by molar-refractivity contribution is -0.114. The van der Waals surface area contributed by atoms with Crippen molar-refractivity contribution in [1.82, 2.24) is 5.32 Å². The van der Waals surface area contributed by atoms with E-state index >= 15 is 0 Å². The number of rotatable bonds is 8. The SMILES string of the molecule is N#CCSc1ccccc1NC(=O)CNc1ccccc1C(=O)NC1CC1. The third kappa shape index (κ3) is 5.50. The first kappa shape index (κ1) is 18.8. The molecule has 1 saturated carbocycles. The van der Waals surface area contributed by atoms with Crippen LogP contribution < -0.4 is 16.0 Å². The Hall–Kier alpha value is -2.98. The molecule has 0 saturated heterocycles. The van der Waals surface area contributed by atoms with E-state index < -0.39 is 0 Å². The van der Waals surface area contributed by atoms with Crippen LogP contribution in [0.25, 0.3) is 0 Å². The molecule has 0 aliphatic heterocycles. The van der Waals surface area contributed by atoms with Crippen LogP contribution in [-0.2, 0) is 4.79 Å². The van der Waals surface area contributed by atoms with Crippen LogP contribution in [0.1, 0.15) is 23.2 Å². The smallest absolute Gasteiger partial charge is 0.253 e. The number of anilines is 2. The number of nitrogens with one attached hydrogen (secondary N) is 3. The van der Waals surface area contributed by atoms with Crippen molar-refractivity contribution in [3.05, 3.63) is 54.1 Å². The Kier molecular flexibility index (Phi) is 6.34. The van der Waals surface area contributed by atoms with E-state index in [0.29, 0.717) is 22.7 Å². The maximum absolute atomic E-state index is 12.3. The van der Waals surface area contributed by atoms with E-state index in [-0.39, 0.29) is 24.4 Å². The third-order valence-corrected chi connectivity index (χ3v) is 4.92. The van der Waals surface area contributed by atoms with Crippen LogP contribution in [-0.4, -0.2) is 30.2 Å². The lowest BCUT2D eigenvalue weighted by Gasteiger charge is -2.13. The maximum atomic E-state index is 12.3. The Bertz CT molecular complexity index is 874. The van der Waals surface area contributed by atoms with Crippen LogP contribution in [0, 0.1) is 11.3 Å². The Balaban J connectivity index is 1.60. The topological polar surface area (TPSA) is 94.0 Å². The fourth-order valence-corrected chi connectivity index (χ4v) is 3.17. The molecule has 1 fully saturated rings. The van der Waals surface area contributed by atoms with Gasteiger partial charge in [0.15, 0.2) is 0 Å². The molecule has 0 aromatic heterocycles. The molecule has 2 aromatic carbocycles. The minimum Gasteiger partial charge on any atom is -0.376 e. The van der Waals surface area contributed by atoms with Crippen molar-refractivity contribution in [2.45, 2.75) is 23.8 Å². The number of amides is 2. The van der Waals surface area contributed by atoms with Crippen LogP contribution in [0.15, 0.2) is 53.4 Å². The predicted molar refractivity (Wildman–Crippen MR) is 107 cm³/mol. The van der Waals surface area contributed by atoms with Gasteiger partial charge in [-0.25, -0.2) is 0 Å². The molecule has 3 rings (SSSR count). The average molecular weight is 380 g/mol. The van der Waals surface area contributed by atoms with Gasteiger partial charge < -0.3 is 16.0 Å². The zero-order chi connectivity index (χ0) is 19.1. The molecule has 138 valence electrons. The maximum Gasteiger partial charge on any atom is 0.253 e. The van der Waals surface area contributed by atoms with Gasteiger partial charge in [-0.3, -0.25) is 9.59 Å². The number of hydrogen-bond acceptors (Lipinski definition) is 5. The normalized spacial score (nSPS) is 12.7. The summed E-state index contributed by atoms with van der Waals surface area (Å²) in [7, 11) is 0. The van der Waals surface area contributed by atoms with E-state index in [2.05, 4.69) is 22.0 Å². The number of carbonyl (C=O) groups is 2. The summed E-state index contributed by atoms with van der Waals surface area (Å²) in [6, 6.07) is 16.9. The number of para-hydroxylation sites is 2. The molecule has 1 aliphatic carbocycles. The first-order valence-electron chi connectivity index (χ1n) is 8.70. The summed E-state index contributed by atoms with van der Waals surface area (Å²) in [6.45, 7) is 0.0327. The Morgan fingerprint density at radius 1 is 1.07 bits per heavy atom. The number of nitrogens with zero attached hydrogens (tertiary/aromatic N) is 1. The lowest BCUT2D eigenvalue weighted by atomic mass is 10.1. The molecule has 1 aliphatic rings. The molecule has 0 bridgehead atoms. The van der Waals surface area contributed by atoms with E-state index in [1.165, 1.54) is 11.8 Å². The second-order valence-corrected chi connectivity index (χ2v) is 7.16. The summed E-state index contributed by atoms with van der Waals surface area (Å²) in [5.74, 6) is -0.0362. The molecule has 0 heterocycles. The number of carbonyl (C=O) groups excluding carboxylic acids is 2. The first-order valence-corrected chi connectivity index (χ1v) is 9.68. The van der Waals surface area contributed by atoms with Crippen LogP contribution >= 0.6 is 11.8 Å². The Labute approximate surface area is 162 Å². The molecule has 3 N–H and O–H groups in total. The second kappa shape index (κ2) is 9.10. The van der Waals surface area contributed by atoms with Gasteiger partial charge in [-0.2, -0.15) is 5.26 Å². The van der Waals surface area contributed by atoms with Gasteiger partial charge in [-0.05, 0) is 37.1 Å². The van der Waals surface area contributed by atoms with Crippen LogP contribution in [0.4, 0.5) is 11.4 Å². The lowest BCUT2D eigenvalue weighted by Crippen LogP contribution is -2.27. The molecule has 2 aromatic rings. The van der Waals surface area contributed by atoms with Crippen molar-refractivity contribution >= 4 is 35.0 Å². The van der Waals surface area contributed by atoms with E-state index in [9.17, 15) is 9.59 Å². The molecule has 7 heteroatoms. The standard InChI is InChI=1S/C20H20N4O2S/c21-11-12-27-18-8-4-3-7-17(18)24-19(25)13-22-16-6-2-1-5-15(16)20(26)23-14-9-10-14/h1-8,14,22H,9-10,12-13H2,(H,23,26)(H,24,25). The molecule has 27 heavy (non-hydrogen) atoms. The number of hydrogen-bond donors (Lipinski definition) is 3. The molecule has 2 amide bonds. The highest BCUT2D eigenvalue weighted by Crippen LogP contribution is 2.26. The van der Waals surface area contributed by atoms with Gasteiger partial charge in [0.2, 0.25) is 5.91 Å². The number of nitriles is 1. The molecular weight excluding hydrogens is 360 g/mol. The summed E-state index contributed by atoms with van der Waals surface area (Å²) in [6.07, 6.45) is 2.04. The van der Waals surface area contributed by atoms with Gasteiger partial charge >= 0.3 is 0 Å². The van der Waals surface area contributed by atoms with Gasteiger partial charge in [0, 0.05) is 16.6 Å². The molecule has 0 unspecified atom stereocenters. The van der Waals surface area contributed by atoms with Crippen LogP contribution in [0.5, 0.6) is 0 Å². The first-order chi connectivity index (χ1) is 13.2. The monoisotopic (exact) mass is 380 g/mol. The van der Waals surface area contributed by atoms with E-state index in [1.807, 2.05) is 24.3 Å². The molecule has 0 radical (unpaired) electrons. The van der Waals surface area contributed by atoms with Crippen molar-refractivity contribution in [3.63, 3.8) is 0 Å². The summed E-state index contributed by atoms with van der Waals surface area (Å²) in [5, 5.41) is 17.6. The summed E-state index contributed by atoms with van der Waals surface area (Å²) < 4.78 is 0. The van der Waals surface area contributed by atoms with Crippen LogP contribution in [0.3, 0.4) is 0 Å². The van der Waals surface area contributed by atoms with Crippen molar-refractivity contribution in [1.29, 1.82) is 5.26 Å². The fourth-order valence-electron chi connectivity index (χ4n) is 2.50. The molecular formula is C20H20N4O2S. The zero-order valence-corrected chi connectivity index (χ0v) is 15.5. The van der Waals surface area contributed by atoms with Crippen molar-refractivity contribution in [2.24, 2.45) is 0 Å². The highest BCUT2D eigenvalue weighted by atomic mass is 32.2. The number of thioether (sulfide) groups is 1. The van der Waals surface area contributed by atoms with Gasteiger partial charge in [0.25, 0.3) is 5.91 Å². The summed E-state index contributed by atoms with van der Waals surface area (Å²) in [4.78, 5) is 25.5. The van der Waals surface area contributed by atoms with Crippen molar-refractivity contribution in [3.8, 4) is 6.07 Å². The van der Waals surface area contributed by atoms with Crippen molar-refractivity contribution < 1.29 is 9.59 Å². The average Bonchev–Trinajstić information content (AvgIpc) is 3.50. The summed E-state index contributed by atoms with van der Waals surface area (Å²) >= 11 is 1.37. The predicted octanol–water partition coefficient (Wildman–Crippen LogP) is 3.25. The third-order valence-electron chi connectivity index (χ3n) is 3.98. The van der Waals surface area contributed by atoms with Gasteiger partial charge in [-0.1, -0.05) is 24.3 Å². The van der Waals surface area contributed by atoms with Gasteiger partial charge in [-0.15, -0.1) is 11.8 Å². The minimum atomic E-state index is -0.225. The van der Waals surface area contributed by atoms with E-state index in [1.54, 1.807) is 24.3 Å².